The fourth-order valence-electron chi connectivity index (χ4n) is 1.72. The van der Waals surface area contributed by atoms with Crippen molar-refractivity contribution in [2.24, 2.45) is 5.92 Å². The van der Waals surface area contributed by atoms with E-state index in [1.807, 2.05) is 6.92 Å². The molecule has 0 aliphatic carbocycles. The Hall–Kier alpha value is -2.52. The van der Waals surface area contributed by atoms with Crippen LogP contribution in [0.15, 0.2) is 30.0 Å². The molecule has 1 aromatic rings. The summed E-state index contributed by atoms with van der Waals surface area (Å²) in [6, 6.07) is 5.89. The zero-order valence-corrected chi connectivity index (χ0v) is 13.8. The summed E-state index contributed by atoms with van der Waals surface area (Å²) in [5.41, 5.74) is 1.29. The van der Waals surface area contributed by atoms with E-state index in [1.54, 1.807) is 38.1 Å². The number of halogens is 1. The number of rotatable bonds is 6. The second-order valence-corrected chi connectivity index (χ2v) is 5.72. The number of carboxylic acids is 1. The lowest BCUT2D eigenvalue weighted by molar-refractivity contribution is -0.142. The van der Waals surface area contributed by atoms with Crippen molar-refractivity contribution >= 4 is 29.2 Å². The van der Waals surface area contributed by atoms with Gasteiger partial charge in [-0.15, -0.1) is 0 Å². The van der Waals surface area contributed by atoms with Gasteiger partial charge in [0.2, 0.25) is 0 Å². The van der Waals surface area contributed by atoms with Crippen LogP contribution in [0.2, 0.25) is 5.02 Å². The highest BCUT2D eigenvalue weighted by atomic mass is 35.5. The van der Waals surface area contributed by atoms with Gasteiger partial charge in [-0.25, -0.2) is 4.79 Å². The van der Waals surface area contributed by atoms with Crippen LogP contribution in [0.5, 0.6) is 0 Å². The van der Waals surface area contributed by atoms with E-state index >= 15 is 0 Å². The Morgan fingerprint density at radius 1 is 1.39 bits per heavy atom. The summed E-state index contributed by atoms with van der Waals surface area (Å²) in [4.78, 5) is 23.1. The number of aryl methyl sites for hydroxylation is 1. The van der Waals surface area contributed by atoms with E-state index in [0.717, 1.165) is 5.56 Å². The van der Waals surface area contributed by atoms with Crippen LogP contribution in [-0.2, 0) is 9.59 Å². The number of carboxylic acid groups (broad SMARTS) is 1. The molecule has 122 valence electrons. The van der Waals surface area contributed by atoms with Gasteiger partial charge in [-0.2, -0.15) is 5.26 Å². The molecule has 0 saturated heterocycles. The van der Waals surface area contributed by atoms with E-state index in [0.29, 0.717) is 10.7 Å². The maximum atomic E-state index is 12.0. The molecule has 0 heterocycles. The largest absolute Gasteiger partial charge is 0.480 e. The number of hydrogen-bond acceptors (Lipinski definition) is 4. The quantitative estimate of drug-likeness (QED) is 0.548. The van der Waals surface area contributed by atoms with Gasteiger partial charge in [0.25, 0.3) is 5.91 Å². The number of aliphatic carboxylic acids is 1. The van der Waals surface area contributed by atoms with Gasteiger partial charge in [-0.3, -0.25) is 4.79 Å². The molecule has 0 radical (unpaired) electrons. The number of amides is 1. The van der Waals surface area contributed by atoms with E-state index in [2.05, 4.69) is 10.6 Å². The van der Waals surface area contributed by atoms with Crippen molar-refractivity contribution in [3.05, 3.63) is 40.6 Å². The number of benzene rings is 1. The summed E-state index contributed by atoms with van der Waals surface area (Å²) in [5, 5.41) is 23.8. The molecule has 0 aromatic heterocycles. The topological polar surface area (TPSA) is 102 Å². The van der Waals surface area contributed by atoms with Crippen LogP contribution in [0.25, 0.3) is 0 Å². The number of nitrogens with one attached hydrogen (secondary N) is 2. The minimum absolute atomic E-state index is 0.228. The van der Waals surface area contributed by atoms with Gasteiger partial charge in [0.15, 0.2) is 0 Å². The molecule has 7 heteroatoms. The highest BCUT2D eigenvalue weighted by Gasteiger charge is 2.24. The molecule has 6 nitrogen and oxygen atoms in total. The van der Waals surface area contributed by atoms with E-state index < -0.39 is 17.9 Å². The Labute approximate surface area is 139 Å². The Morgan fingerprint density at radius 2 is 2.04 bits per heavy atom. The molecule has 0 aliphatic heterocycles. The van der Waals surface area contributed by atoms with E-state index in [4.69, 9.17) is 22.0 Å². The SMILES string of the molecule is Cc1ccc(N/C=C(/C#N)C(=O)NC(C(=O)O)C(C)C)cc1Cl. The molecule has 0 aliphatic rings. The van der Waals surface area contributed by atoms with Gasteiger partial charge in [-0.1, -0.05) is 31.5 Å². The smallest absolute Gasteiger partial charge is 0.326 e. The molecule has 1 rings (SSSR count). The van der Waals surface area contributed by atoms with Gasteiger partial charge in [0.1, 0.15) is 17.7 Å². The van der Waals surface area contributed by atoms with Crippen LogP contribution >= 0.6 is 11.6 Å². The van der Waals surface area contributed by atoms with Gasteiger partial charge in [0, 0.05) is 16.9 Å². The lowest BCUT2D eigenvalue weighted by Gasteiger charge is -2.17. The third kappa shape index (κ3) is 5.31. The van der Waals surface area contributed by atoms with Crippen molar-refractivity contribution in [3.63, 3.8) is 0 Å². The molecule has 0 bridgehead atoms. The first kappa shape index (κ1) is 18.5. The Kier molecular flexibility index (Phi) is 6.61. The molecule has 23 heavy (non-hydrogen) atoms. The average Bonchev–Trinajstić information content (AvgIpc) is 2.48. The highest BCUT2D eigenvalue weighted by Crippen LogP contribution is 2.20. The molecule has 1 amide bonds. The standard InChI is InChI=1S/C16H18ClN3O3/c1-9(2)14(16(22)23)20-15(21)11(7-18)8-19-12-5-4-10(3)13(17)6-12/h4-6,8-9,14,19H,1-3H3,(H,20,21)(H,22,23)/b11-8-. The normalized spacial score (nSPS) is 12.4. The van der Waals surface area contributed by atoms with Crippen molar-refractivity contribution in [2.45, 2.75) is 26.8 Å². The molecule has 0 spiro atoms. The van der Waals surface area contributed by atoms with Gasteiger partial charge in [-0.05, 0) is 30.5 Å². The van der Waals surface area contributed by atoms with Crippen LogP contribution in [0.1, 0.15) is 19.4 Å². The maximum Gasteiger partial charge on any atom is 0.326 e. The molecular weight excluding hydrogens is 318 g/mol. The van der Waals surface area contributed by atoms with Crippen molar-refractivity contribution in [2.75, 3.05) is 5.32 Å². The summed E-state index contributed by atoms with van der Waals surface area (Å²) < 4.78 is 0. The number of nitriles is 1. The van der Waals surface area contributed by atoms with Gasteiger partial charge < -0.3 is 15.7 Å². The van der Waals surface area contributed by atoms with Gasteiger partial charge >= 0.3 is 5.97 Å². The van der Waals surface area contributed by atoms with Crippen LogP contribution in [-0.4, -0.2) is 23.0 Å². The van der Waals surface area contributed by atoms with Crippen LogP contribution in [0, 0.1) is 24.2 Å². The first-order valence-electron chi connectivity index (χ1n) is 6.93. The molecule has 0 fully saturated rings. The number of carbonyl (C=O) groups is 2. The van der Waals surface area contributed by atoms with Crippen LogP contribution < -0.4 is 10.6 Å². The zero-order chi connectivity index (χ0) is 17.6. The summed E-state index contributed by atoms with van der Waals surface area (Å²) in [6.07, 6.45) is 1.22. The number of carbonyl (C=O) groups excluding carboxylic acids is 1. The van der Waals surface area contributed by atoms with Gasteiger partial charge in [0.05, 0.1) is 0 Å². The van der Waals surface area contributed by atoms with Crippen molar-refractivity contribution < 1.29 is 14.7 Å². The molecule has 0 saturated carbocycles. The first-order chi connectivity index (χ1) is 10.8. The molecule has 3 N–H and O–H groups in total. The van der Waals surface area contributed by atoms with Crippen molar-refractivity contribution in [1.29, 1.82) is 5.26 Å². The second kappa shape index (κ2) is 8.20. The van der Waals surface area contributed by atoms with Crippen molar-refractivity contribution in [3.8, 4) is 6.07 Å². The molecule has 1 atom stereocenters. The lowest BCUT2D eigenvalue weighted by atomic mass is 10.0. The third-order valence-corrected chi connectivity index (χ3v) is 3.55. The number of anilines is 1. The monoisotopic (exact) mass is 335 g/mol. The first-order valence-corrected chi connectivity index (χ1v) is 7.30. The van der Waals surface area contributed by atoms with E-state index in [-0.39, 0.29) is 11.5 Å². The highest BCUT2D eigenvalue weighted by molar-refractivity contribution is 6.31. The predicted octanol–water partition coefficient (Wildman–Crippen LogP) is 2.69. The number of nitrogens with zero attached hydrogens (tertiary/aromatic N) is 1. The minimum Gasteiger partial charge on any atom is -0.480 e. The maximum absolute atomic E-state index is 12.0. The summed E-state index contributed by atoms with van der Waals surface area (Å²) in [5.74, 6) is -2.21. The Bertz CT molecular complexity index is 678. The van der Waals surface area contributed by atoms with E-state index in [9.17, 15) is 9.59 Å². The van der Waals surface area contributed by atoms with Crippen molar-refractivity contribution in [1.82, 2.24) is 5.32 Å². The third-order valence-electron chi connectivity index (χ3n) is 3.14. The molecular formula is C16H18ClN3O3. The summed E-state index contributed by atoms with van der Waals surface area (Å²) in [7, 11) is 0. The summed E-state index contributed by atoms with van der Waals surface area (Å²) >= 11 is 5.99. The summed E-state index contributed by atoms with van der Waals surface area (Å²) in [6.45, 7) is 5.19. The van der Waals surface area contributed by atoms with E-state index in [1.165, 1.54) is 6.20 Å². The van der Waals surface area contributed by atoms with Crippen LogP contribution in [0.4, 0.5) is 5.69 Å². The minimum atomic E-state index is -1.15. The lowest BCUT2D eigenvalue weighted by Crippen LogP contribution is -2.44. The number of hydrogen-bond donors (Lipinski definition) is 3. The zero-order valence-electron chi connectivity index (χ0n) is 13.1. The second-order valence-electron chi connectivity index (χ2n) is 5.31. The molecule has 1 aromatic carbocycles. The fourth-order valence-corrected chi connectivity index (χ4v) is 1.90. The fraction of sp³-hybridized carbons (Fsp3) is 0.312. The van der Waals surface area contributed by atoms with Crippen LogP contribution in [0.3, 0.4) is 0 Å². The predicted molar refractivity (Wildman–Crippen MR) is 87.9 cm³/mol. The molecule has 1 unspecified atom stereocenters. The Balaban J connectivity index is 2.86. The Morgan fingerprint density at radius 3 is 2.52 bits per heavy atom. The average molecular weight is 336 g/mol.